The lowest BCUT2D eigenvalue weighted by atomic mass is 10.3. The predicted octanol–water partition coefficient (Wildman–Crippen LogP) is 3.04. The second-order valence-electron chi connectivity index (χ2n) is 4.00. The van der Waals surface area contributed by atoms with Crippen molar-refractivity contribution in [2.75, 3.05) is 0 Å². The van der Waals surface area contributed by atoms with E-state index in [-0.39, 0.29) is 4.90 Å². The van der Waals surface area contributed by atoms with Crippen molar-refractivity contribution < 1.29 is 8.42 Å². The summed E-state index contributed by atoms with van der Waals surface area (Å²) in [6.45, 7) is 0. The summed E-state index contributed by atoms with van der Waals surface area (Å²) in [6.07, 6.45) is 3.08. The standard InChI is InChI=1S/C13H9BrN2O2S/c14-13-8-10-6-7-16(12(10)9-15-13)19(17,18)11-4-2-1-3-5-11/h1-9H. The quantitative estimate of drug-likeness (QED) is 0.676. The van der Waals surface area contributed by atoms with Crippen LogP contribution in [0.5, 0.6) is 0 Å². The minimum atomic E-state index is -3.57. The summed E-state index contributed by atoms with van der Waals surface area (Å²) in [4.78, 5) is 4.34. The Labute approximate surface area is 118 Å². The van der Waals surface area contributed by atoms with Gasteiger partial charge in [-0.1, -0.05) is 18.2 Å². The molecule has 0 spiro atoms. The lowest BCUT2D eigenvalue weighted by Crippen LogP contribution is -2.11. The van der Waals surface area contributed by atoms with E-state index in [0.717, 1.165) is 5.39 Å². The van der Waals surface area contributed by atoms with Crippen LogP contribution in [0.15, 0.2) is 64.4 Å². The molecule has 0 aliphatic carbocycles. The molecule has 2 aromatic heterocycles. The Morgan fingerprint density at radius 2 is 1.84 bits per heavy atom. The maximum Gasteiger partial charge on any atom is 0.268 e. The zero-order valence-electron chi connectivity index (χ0n) is 9.69. The number of pyridine rings is 1. The Morgan fingerprint density at radius 1 is 1.11 bits per heavy atom. The van der Waals surface area contributed by atoms with Gasteiger partial charge in [-0.3, -0.25) is 0 Å². The van der Waals surface area contributed by atoms with Crippen LogP contribution in [0.25, 0.3) is 10.9 Å². The van der Waals surface area contributed by atoms with E-state index in [9.17, 15) is 8.42 Å². The molecule has 1 aromatic carbocycles. The van der Waals surface area contributed by atoms with Gasteiger partial charge in [0.2, 0.25) is 0 Å². The fraction of sp³-hybridized carbons (Fsp3) is 0. The van der Waals surface area contributed by atoms with Crippen molar-refractivity contribution in [2.45, 2.75) is 4.90 Å². The highest BCUT2D eigenvalue weighted by atomic mass is 79.9. The Kier molecular flexibility index (Phi) is 2.91. The maximum atomic E-state index is 12.5. The van der Waals surface area contributed by atoms with Gasteiger partial charge in [0.25, 0.3) is 10.0 Å². The van der Waals surface area contributed by atoms with Gasteiger partial charge in [0.15, 0.2) is 0 Å². The van der Waals surface area contributed by atoms with E-state index in [2.05, 4.69) is 20.9 Å². The third kappa shape index (κ3) is 2.06. The van der Waals surface area contributed by atoms with Gasteiger partial charge in [-0.15, -0.1) is 0 Å². The molecule has 0 saturated carbocycles. The van der Waals surface area contributed by atoms with Crippen molar-refractivity contribution in [1.29, 1.82) is 0 Å². The minimum Gasteiger partial charge on any atom is -0.247 e. The van der Waals surface area contributed by atoms with Crippen LogP contribution in [-0.2, 0) is 10.0 Å². The molecule has 0 aliphatic rings. The molecule has 0 radical (unpaired) electrons. The number of hydrogen-bond acceptors (Lipinski definition) is 3. The van der Waals surface area contributed by atoms with E-state index in [0.29, 0.717) is 10.1 Å². The highest BCUT2D eigenvalue weighted by Gasteiger charge is 2.18. The Bertz CT molecular complexity index is 841. The Morgan fingerprint density at radius 3 is 2.58 bits per heavy atom. The van der Waals surface area contributed by atoms with E-state index in [4.69, 9.17) is 0 Å². The van der Waals surface area contributed by atoms with Crippen LogP contribution in [0.4, 0.5) is 0 Å². The average Bonchev–Trinajstić information content (AvgIpc) is 2.83. The number of fused-ring (bicyclic) bond motifs is 1. The minimum absolute atomic E-state index is 0.260. The predicted molar refractivity (Wildman–Crippen MR) is 76.5 cm³/mol. The van der Waals surface area contributed by atoms with E-state index in [1.54, 1.807) is 54.9 Å². The van der Waals surface area contributed by atoms with E-state index < -0.39 is 10.0 Å². The molecule has 4 nitrogen and oxygen atoms in total. The van der Waals surface area contributed by atoms with Crippen molar-refractivity contribution >= 4 is 36.9 Å². The Hall–Kier alpha value is -1.66. The second-order valence-corrected chi connectivity index (χ2v) is 6.62. The molecule has 0 bridgehead atoms. The summed E-state index contributed by atoms with van der Waals surface area (Å²) >= 11 is 3.27. The lowest BCUT2D eigenvalue weighted by molar-refractivity contribution is 0.589. The zero-order chi connectivity index (χ0) is 13.5. The first kappa shape index (κ1) is 12.4. The van der Waals surface area contributed by atoms with Crippen LogP contribution in [0.3, 0.4) is 0 Å². The van der Waals surface area contributed by atoms with Gasteiger partial charge < -0.3 is 0 Å². The molecule has 0 aliphatic heterocycles. The van der Waals surface area contributed by atoms with Crippen molar-refractivity contribution in [1.82, 2.24) is 8.96 Å². The van der Waals surface area contributed by atoms with Gasteiger partial charge in [-0.25, -0.2) is 17.4 Å². The van der Waals surface area contributed by atoms with Crippen LogP contribution in [0, 0.1) is 0 Å². The van der Waals surface area contributed by atoms with Crippen molar-refractivity contribution in [2.24, 2.45) is 0 Å². The summed E-state index contributed by atoms with van der Waals surface area (Å²) in [5, 5.41) is 0.821. The monoisotopic (exact) mass is 336 g/mol. The molecule has 0 amide bonds. The van der Waals surface area contributed by atoms with Crippen molar-refractivity contribution in [3.05, 3.63) is 59.5 Å². The molecule has 0 N–H and O–H groups in total. The van der Waals surface area contributed by atoms with Crippen molar-refractivity contribution in [3.63, 3.8) is 0 Å². The van der Waals surface area contributed by atoms with Crippen LogP contribution < -0.4 is 0 Å². The van der Waals surface area contributed by atoms with E-state index >= 15 is 0 Å². The summed E-state index contributed by atoms with van der Waals surface area (Å²) in [5.41, 5.74) is 0.562. The molecule has 0 saturated heterocycles. The second kappa shape index (κ2) is 4.47. The fourth-order valence-electron chi connectivity index (χ4n) is 1.90. The van der Waals surface area contributed by atoms with Gasteiger partial charge in [-0.05, 0) is 40.2 Å². The molecule has 3 rings (SSSR count). The molecular weight excluding hydrogens is 328 g/mol. The molecule has 19 heavy (non-hydrogen) atoms. The summed E-state index contributed by atoms with van der Waals surface area (Å²) in [7, 11) is -3.57. The smallest absolute Gasteiger partial charge is 0.247 e. The molecule has 2 heterocycles. The van der Waals surface area contributed by atoms with Gasteiger partial charge in [0.05, 0.1) is 16.6 Å². The molecule has 6 heteroatoms. The van der Waals surface area contributed by atoms with Gasteiger partial charge in [0, 0.05) is 11.6 Å². The number of halogens is 1. The summed E-state index contributed by atoms with van der Waals surface area (Å²) < 4.78 is 27.0. The van der Waals surface area contributed by atoms with E-state index in [1.165, 1.54) is 3.97 Å². The van der Waals surface area contributed by atoms with E-state index in [1.807, 2.05) is 0 Å². The fourth-order valence-corrected chi connectivity index (χ4v) is 3.61. The largest absolute Gasteiger partial charge is 0.268 e. The zero-order valence-corrected chi connectivity index (χ0v) is 12.1. The molecular formula is C13H9BrN2O2S. The number of aromatic nitrogens is 2. The van der Waals surface area contributed by atoms with Crippen LogP contribution >= 0.6 is 15.9 Å². The van der Waals surface area contributed by atoms with Crippen LogP contribution in [-0.4, -0.2) is 17.4 Å². The SMILES string of the molecule is O=S(=O)(c1ccccc1)n1ccc2cc(Br)ncc21. The highest BCUT2D eigenvalue weighted by molar-refractivity contribution is 9.10. The van der Waals surface area contributed by atoms with Crippen LogP contribution in [0.2, 0.25) is 0 Å². The maximum absolute atomic E-state index is 12.5. The number of rotatable bonds is 2. The van der Waals surface area contributed by atoms with Crippen LogP contribution in [0.1, 0.15) is 0 Å². The first-order chi connectivity index (χ1) is 9.09. The molecule has 0 fully saturated rings. The highest BCUT2D eigenvalue weighted by Crippen LogP contribution is 2.23. The molecule has 0 unspecified atom stereocenters. The number of hydrogen-bond donors (Lipinski definition) is 0. The lowest BCUT2D eigenvalue weighted by Gasteiger charge is -2.07. The number of benzene rings is 1. The van der Waals surface area contributed by atoms with Gasteiger partial charge in [-0.2, -0.15) is 0 Å². The normalized spacial score (nSPS) is 11.8. The summed E-state index contributed by atoms with van der Waals surface area (Å²) in [5.74, 6) is 0. The number of nitrogens with zero attached hydrogens (tertiary/aromatic N) is 2. The molecule has 3 aromatic rings. The van der Waals surface area contributed by atoms with Crippen molar-refractivity contribution in [3.8, 4) is 0 Å². The Balaban J connectivity index is 2.25. The molecule has 96 valence electrons. The third-order valence-electron chi connectivity index (χ3n) is 2.81. The first-order valence-corrected chi connectivity index (χ1v) is 7.75. The average molecular weight is 337 g/mol. The topological polar surface area (TPSA) is 52.0 Å². The van der Waals surface area contributed by atoms with Gasteiger partial charge in [0.1, 0.15) is 4.60 Å². The van der Waals surface area contributed by atoms with Gasteiger partial charge >= 0.3 is 0 Å². The molecule has 0 atom stereocenters. The summed E-state index contributed by atoms with van der Waals surface area (Å²) in [6, 6.07) is 11.9. The third-order valence-corrected chi connectivity index (χ3v) is 4.95. The first-order valence-electron chi connectivity index (χ1n) is 5.52.